The van der Waals surface area contributed by atoms with E-state index in [1.807, 2.05) is 4.90 Å². The summed E-state index contributed by atoms with van der Waals surface area (Å²) in [6.45, 7) is 1.98. The van der Waals surface area contributed by atoms with Gasteiger partial charge in [0.25, 0.3) is 0 Å². The fourth-order valence-corrected chi connectivity index (χ4v) is 5.44. The van der Waals surface area contributed by atoms with E-state index in [-0.39, 0.29) is 30.0 Å². The zero-order chi connectivity index (χ0) is 24.5. The van der Waals surface area contributed by atoms with E-state index in [1.165, 1.54) is 6.20 Å². The number of carbonyl (C=O) groups is 1. The molecule has 2 aromatic rings. The van der Waals surface area contributed by atoms with Gasteiger partial charge in [0, 0.05) is 38.0 Å². The molecule has 4 rings (SSSR count). The maximum atomic E-state index is 14.6. The average Bonchev–Trinajstić information content (AvgIpc) is 2.97. The lowest BCUT2D eigenvalue weighted by atomic mass is 10.0. The van der Waals surface area contributed by atoms with Crippen LogP contribution in [-0.4, -0.2) is 67.2 Å². The Balaban J connectivity index is 0.00000342. The second-order valence-corrected chi connectivity index (χ2v) is 11.0. The Hall–Kier alpha value is -2.24. The third-order valence-electron chi connectivity index (χ3n) is 6.30. The Bertz CT molecular complexity index is 1180. The van der Waals surface area contributed by atoms with Gasteiger partial charge in [-0.3, -0.25) is 9.78 Å². The molecule has 8 nitrogen and oxygen atoms in total. The van der Waals surface area contributed by atoms with Crippen LogP contribution in [0.15, 0.2) is 29.4 Å². The maximum Gasteiger partial charge on any atom is 0.245 e. The predicted octanol–water partition coefficient (Wildman–Crippen LogP) is 3.70. The van der Waals surface area contributed by atoms with Crippen LogP contribution in [0.1, 0.15) is 32.1 Å². The highest BCUT2D eigenvalue weighted by atomic mass is 35.5. The molecule has 0 bridgehead atoms. The molecule has 2 aliphatic heterocycles. The number of rotatable bonds is 5. The van der Waals surface area contributed by atoms with E-state index >= 15 is 0 Å². The minimum atomic E-state index is -3.91. The van der Waals surface area contributed by atoms with E-state index in [2.05, 4.69) is 20.2 Å². The van der Waals surface area contributed by atoms with Crippen LogP contribution in [0.2, 0.25) is 5.15 Å². The second-order valence-electron chi connectivity index (χ2n) is 8.68. The van der Waals surface area contributed by atoms with Crippen molar-refractivity contribution in [2.24, 2.45) is 0 Å². The highest BCUT2D eigenvalue weighted by Gasteiger charge is 2.34. The van der Waals surface area contributed by atoms with Gasteiger partial charge in [-0.05, 0) is 38.2 Å². The van der Waals surface area contributed by atoms with Crippen molar-refractivity contribution in [3.63, 3.8) is 0 Å². The third kappa shape index (κ3) is 6.31. The van der Waals surface area contributed by atoms with Crippen molar-refractivity contribution in [1.82, 2.24) is 14.9 Å². The molecule has 0 spiro atoms. The van der Waals surface area contributed by atoms with Gasteiger partial charge in [-0.25, -0.2) is 22.2 Å². The van der Waals surface area contributed by atoms with E-state index in [4.69, 9.17) is 11.6 Å². The van der Waals surface area contributed by atoms with E-state index in [0.717, 1.165) is 38.0 Å². The molecule has 0 radical (unpaired) electrons. The SMILES string of the molecule is CS(=O)(=O)c1cc(F)c(NC2CCCCN(C3CCN(c4cncc(Cl)n4)CC3)C2=O)cc1F.Cl. The van der Waals surface area contributed by atoms with Crippen LogP contribution in [0.3, 0.4) is 0 Å². The Labute approximate surface area is 214 Å². The molecule has 1 aromatic carbocycles. The van der Waals surface area contributed by atoms with Crippen LogP contribution >= 0.6 is 24.0 Å². The summed E-state index contributed by atoms with van der Waals surface area (Å²) in [5.74, 6) is -1.43. The number of anilines is 2. The van der Waals surface area contributed by atoms with Gasteiger partial charge in [0.15, 0.2) is 9.84 Å². The van der Waals surface area contributed by atoms with Crippen molar-refractivity contribution >= 4 is 51.3 Å². The predicted molar refractivity (Wildman–Crippen MR) is 132 cm³/mol. The van der Waals surface area contributed by atoms with Crippen LogP contribution in [0.4, 0.5) is 20.3 Å². The molecule has 2 fully saturated rings. The summed E-state index contributed by atoms with van der Waals surface area (Å²) in [6.07, 6.45) is 7.46. The largest absolute Gasteiger partial charge is 0.371 e. The van der Waals surface area contributed by atoms with Gasteiger partial charge in [0.2, 0.25) is 5.91 Å². The summed E-state index contributed by atoms with van der Waals surface area (Å²) in [6, 6.07) is 0.754. The fourth-order valence-electron chi connectivity index (χ4n) is 4.56. The van der Waals surface area contributed by atoms with E-state index < -0.39 is 32.4 Å². The first-order valence-corrected chi connectivity index (χ1v) is 13.4. The molecule has 192 valence electrons. The van der Waals surface area contributed by atoms with Crippen LogP contribution in [-0.2, 0) is 14.6 Å². The Morgan fingerprint density at radius 1 is 1.06 bits per heavy atom. The summed E-state index contributed by atoms with van der Waals surface area (Å²) in [4.78, 5) is 24.9. The van der Waals surface area contributed by atoms with Crippen LogP contribution in [0, 0.1) is 11.6 Å². The van der Waals surface area contributed by atoms with Crippen molar-refractivity contribution < 1.29 is 22.0 Å². The lowest BCUT2D eigenvalue weighted by Crippen LogP contribution is -2.51. The van der Waals surface area contributed by atoms with Gasteiger partial charge >= 0.3 is 0 Å². The van der Waals surface area contributed by atoms with Gasteiger partial charge in [-0.15, -0.1) is 12.4 Å². The summed E-state index contributed by atoms with van der Waals surface area (Å²) in [7, 11) is -3.91. The van der Waals surface area contributed by atoms with Gasteiger partial charge in [0.1, 0.15) is 33.5 Å². The zero-order valence-corrected chi connectivity index (χ0v) is 21.5. The molecule has 2 aliphatic rings. The highest BCUT2D eigenvalue weighted by Crippen LogP contribution is 2.28. The van der Waals surface area contributed by atoms with Gasteiger partial charge < -0.3 is 15.1 Å². The van der Waals surface area contributed by atoms with E-state index in [1.54, 1.807) is 6.20 Å². The molecular formula is C22H27Cl2F2N5O3S. The molecule has 3 heterocycles. The molecule has 1 N–H and O–H groups in total. The smallest absolute Gasteiger partial charge is 0.245 e. The zero-order valence-electron chi connectivity index (χ0n) is 19.1. The van der Waals surface area contributed by atoms with Crippen molar-refractivity contribution in [2.45, 2.75) is 49.1 Å². The first-order chi connectivity index (χ1) is 16.1. The Morgan fingerprint density at radius 2 is 1.77 bits per heavy atom. The van der Waals surface area contributed by atoms with Crippen molar-refractivity contribution in [2.75, 3.05) is 36.1 Å². The molecule has 1 unspecified atom stereocenters. The minimum Gasteiger partial charge on any atom is -0.371 e. The molecule has 2 saturated heterocycles. The van der Waals surface area contributed by atoms with Gasteiger partial charge in [-0.1, -0.05) is 11.6 Å². The van der Waals surface area contributed by atoms with E-state index in [0.29, 0.717) is 43.1 Å². The standard InChI is InChI=1S/C22H26ClF2N5O3S.ClH/c1-34(32,33)19-11-15(24)18(10-16(19)25)27-17-4-2-3-7-30(22(17)31)14-5-8-29(9-6-14)21-13-26-12-20(23)28-21;/h10-14,17,27H,2-9H2,1H3;1H. The second kappa shape index (κ2) is 11.2. The molecule has 1 amide bonds. The number of benzene rings is 1. The van der Waals surface area contributed by atoms with Crippen molar-refractivity contribution in [3.8, 4) is 0 Å². The van der Waals surface area contributed by atoms with E-state index in [9.17, 15) is 22.0 Å². The van der Waals surface area contributed by atoms with Crippen LogP contribution in [0.25, 0.3) is 0 Å². The maximum absolute atomic E-state index is 14.6. The van der Waals surface area contributed by atoms with Crippen molar-refractivity contribution in [3.05, 3.63) is 41.3 Å². The quantitative estimate of drug-likeness (QED) is 0.607. The number of carbonyl (C=O) groups excluding carboxylic acids is 1. The van der Waals surface area contributed by atoms with Crippen molar-refractivity contribution in [1.29, 1.82) is 0 Å². The number of likely N-dealkylation sites (tertiary alicyclic amines) is 1. The van der Waals surface area contributed by atoms with Crippen LogP contribution < -0.4 is 10.2 Å². The number of hydrogen-bond donors (Lipinski definition) is 1. The summed E-state index contributed by atoms with van der Waals surface area (Å²) >= 11 is 5.95. The number of aromatic nitrogens is 2. The first-order valence-electron chi connectivity index (χ1n) is 11.1. The Kier molecular flexibility index (Phi) is 8.76. The molecule has 1 atom stereocenters. The molecule has 1 aromatic heterocycles. The van der Waals surface area contributed by atoms with Gasteiger partial charge in [0.05, 0.1) is 18.1 Å². The Morgan fingerprint density at radius 3 is 2.43 bits per heavy atom. The molecule has 0 aliphatic carbocycles. The summed E-state index contributed by atoms with van der Waals surface area (Å²) in [5, 5.41) is 3.15. The molecule has 35 heavy (non-hydrogen) atoms. The number of hydrogen-bond acceptors (Lipinski definition) is 7. The number of nitrogens with zero attached hydrogens (tertiary/aromatic N) is 4. The first kappa shape index (κ1) is 27.3. The lowest BCUT2D eigenvalue weighted by Gasteiger charge is -2.39. The molecule has 0 saturated carbocycles. The highest BCUT2D eigenvalue weighted by molar-refractivity contribution is 7.90. The third-order valence-corrected chi connectivity index (χ3v) is 7.59. The normalized spacial score (nSPS) is 19.8. The molecule has 13 heteroatoms. The summed E-state index contributed by atoms with van der Waals surface area (Å²) < 4.78 is 52.2. The lowest BCUT2D eigenvalue weighted by molar-refractivity contribution is -0.134. The van der Waals surface area contributed by atoms with Gasteiger partial charge in [-0.2, -0.15) is 0 Å². The number of piperidine rings is 1. The number of amides is 1. The number of halogens is 4. The van der Waals surface area contributed by atoms with Crippen LogP contribution in [0.5, 0.6) is 0 Å². The topological polar surface area (TPSA) is 95.5 Å². The number of nitrogens with one attached hydrogen (secondary N) is 1. The number of sulfone groups is 1. The summed E-state index contributed by atoms with van der Waals surface area (Å²) in [5.41, 5.74) is -0.223. The molecular weight excluding hydrogens is 523 g/mol. The minimum absolute atomic E-state index is 0. The average molecular weight is 550 g/mol. The fraction of sp³-hybridized carbons (Fsp3) is 0.500. The monoisotopic (exact) mass is 549 g/mol.